The van der Waals surface area contributed by atoms with Gasteiger partial charge in [-0.3, -0.25) is 4.79 Å². The van der Waals surface area contributed by atoms with Crippen molar-refractivity contribution >= 4 is 16.2 Å². The van der Waals surface area contributed by atoms with Gasteiger partial charge in [-0.1, -0.05) is 6.42 Å². The fourth-order valence-electron chi connectivity index (χ4n) is 1.45. The van der Waals surface area contributed by atoms with Crippen molar-refractivity contribution in [3.05, 3.63) is 0 Å². The Morgan fingerprint density at radius 3 is 2.33 bits per heavy atom. The number of aliphatic carboxylic acids is 1. The summed E-state index contributed by atoms with van der Waals surface area (Å²) in [6.45, 7) is 2.26. The maximum atomic E-state index is 11.7. The second-order valence-corrected chi connectivity index (χ2v) is 5.34. The van der Waals surface area contributed by atoms with Gasteiger partial charge in [0.2, 0.25) is 0 Å². The Kier molecular flexibility index (Phi) is 4.06. The largest absolute Gasteiger partial charge is 0.480 e. The highest BCUT2D eigenvalue weighted by Gasteiger charge is 2.27. The number of carbonyl (C=O) groups is 1. The molecule has 15 heavy (non-hydrogen) atoms. The zero-order valence-electron chi connectivity index (χ0n) is 8.64. The average molecular weight is 236 g/mol. The van der Waals surface area contributed by atoms with E-state index < -0.39 is 22.2 Å². The summed E-state index contributed by atoms with van der Waals surface area (Å²) < 4.78 is 26.7. The molecule has 1 heterocycles. The molecular weight excluding hydrogens is 220 g/mol. The lowest BCUT2D eigenvalue weighted by atomic mass is 10.2. The molecule has 1 atom stereocenters. The molecule has 1 aliphatic heterocycles. The zero-order valence-corrected chi connectivity index (χ0v) is 9.46. The summed E-state index contributed by atoms with van der Waals surface area (Å²) >= 11 is 0. The molecule has 6 nitrogen and oxygen atoms in total. The molecule has 0 aliphatic carbocycles. The lowest BCUT2D eigenvalue weighted by Crippen LogP contribution is -2.48. The Morgan fingerprint density at radius 2 is 1.87 bits per heavy atom. The molecule has 0 saturated carbocycles. The van der Waals surface area contributed by atoms with Gasteiger partial charge in [-0.2, -0.15) is 17.4 Å². The summed E-state index contributed by atoms with van der Waals surface area (Å²) in [6.07, 6.45) is 2.70. The van der Waals surface area contributed by atoms with Crippen LogP contribution in [0.2, 0.25) is 0 Å². The van der Waals surface area contributed by atoms with E-state index in [1.54, 1.807) is 0 Å². The normalized spacial score (nSPS) is 21.1. The van der Waals surface area contributed by atoms with Crippen LogP contribution in [0.25, 0.3) is 0 Å². The maximum Gasteiger partial charge on any atom is 0.321 e. The molecule has 1 rings (SSSR count). The minimum absolute atomic E-state index is 0.474. The van der Waals surface area contributed by atoms with Gasteiger partial charge in [0.05, 0.1) is 0 Å². The van der Waals surface area contributed by atoms with E-state index in [0.29, 0.717) is 13.1 Å². The number of rotatable bonds is 4. The third-order valence-electron chi connectivity index (χ3n) is 2.35. The predicted octanol–water partition coefficient (Wildman–Crippen LogP) is -0.220. The molecule has 0 aromatic carbocycles. The molecule has 7 heteroatoms. The average Bonchev–Trinajstić information content (AvgIpc) is 2.18. The first-order valence-corrected chi connectivity index (χ1v) is 6.37. The van der Waals surface area contributed by atoms with E-state index in [-0.39, 0.29) is 0 Å². The van der Waals surface area contributed by atoms with Crippen LogP contribution in [0, 0.1) is 0 Å². The number of carboxylic acid groups (broad SMARTS) is 1. The summed E-state index contributed by atoms with van der Waals surface area (Å²) in [5.41, 5.74) is 0. The highest BCUT2D eigenvalue weighted by molar-refractivity contribution is 7.87. The first kappa shape index (κ1) is 12.4. The van der Waals surface area contributed by atoms with Crippen LogP contribution >= 0.6 is 0 Å². The van der Waals surface area contributed by atoms with Crippen LogP contribution in [0.4, 0.5) is 0 Å². The standard InChI is InChI=1S/C8H16N2O4S/c1-7(8(11)12)9-15(13,14)10-5-3-2-4-6-10/h7,9H,2-6H2,1H3,(H,11,12). The monoisotopic (exact) mass is 236 g/mol. The number of hydrogen-bond donors (Lipinski definition) is 2. The van der Waals surface area contributed by atoms with Crippen molar-refractivity contribution in [3.63, 3.8) is 0 Å². The van der Waals surface area contributed by atoms with E-state index in [1.165, 1.54) is 11.2 Å². The first-order chi connectivity index (χ1) is 6.93. The van der Waals surface area contributed by atoms with Crippen molar-refractivity contribution in [2.24, 2.45) is 0 Å². The molecule has 1 fully saturated rings. The minimum atomic E-state index is -3.63. The first-order valence-electron chi connectivity index (χ1n) is 4.93. The molecule has 0 aromatic rings. The summed E-state index contributed by atoms with van der Waals surface area (Å²) in [7, 11) is -3.63. The smallest absolute Gasteiger partial charge is 0.321 e. The molecule has 1 aliphatic rings. The third kappa shape index (κ3) is 3.44. The zero-order chi connectivity index (χ0) is 11.5. The van der Waals surface area contributed by atoms with E-state index in [0.717, 1.165) is 19.3 Å². The number of nitrogens with zero attached hydrogens (tertiary/aromatic N) is 1. The van der Waals surface area contributed by atoms with Crippen LogP contribution in [-0.4, -0.2) is 42.9 Å². The maximum absolute atomic E-state index is 11.7. The van der Waals surface area contributed by atoms with E-state index in [4.69, 9.17) is 5.11 Å². The number of carboxylic acids is 1. The van der Waals surface area contributed by atoms with Crippen LogP contribution in [0.5, 0.6) is 0 Å². The Hall–Kier alpha value is -0.660. The highest BCUT2D eigenvalue weighted by atomic mass is 32.2. The second kappa shape index (κ2) is 4.91. The summed E-state index contributed by atoms with van der Waals surface area (Å²) in [5, 5.41) is 8.60. The lowest BCUT2D eigenvalue weighted by Gasteiger charge is -2.26. The van der Waals surface area contributed by atoms with Gasteiger partial charge in [0, 0.05) is 13.1 Å². The van der Waals surface area contributed by atoms with Crippen molar-refractivity contribution in [3.8, 4) is 0 Å². The van der Waals surface area contributed by atoms with Crippen molar-refractivity contribution in [1.82, 2.24) is 9.03 Å². The Morgan fingerprint density at radius 1 is 1.33 bits per heavy atom. The van der Waals surface area contributed by atoms with Gasteiger partial charge < -0.3 is 5.11 Å². The second-order valence-electron chi connectivity index (χ2n) is 3.64. The molecule has 0 spiro atoms. The van der Waals surface area contributed by atoms with Crippen molar-refractivity contribution in [2.45, 2.75) is 32.2 Å². The Bertz CT molecular complexity index is 322. The molecule has 0 radical (unpaired) electrons. The van der Waals surface area contributed by atoms with Crippen LogP contribution < -0.4 is 4.72 Å². The van der Waals surface area contributed by atoms with E-state index in [2.05, 4.69) is 4.72 Å². The lowest BCUT2D eigenvalue weighted by molar-refractivity contribution is -0.138. The highest BCUT2D eigenvalue weighted by Crippen LogP contribution is 2.12. The molecular formula is C8H16N2O4S. The molecule has 0 bridgehead atoms. The van der Waals surface area contributed by atoms with Gasteiger partial charge in [-0.05, 0) is 19.8 Å². The van der Waals surface area contributed by atoms with E-state index >= 15 is 0 Å². The fourth-order valence-corrected chi connectivity index (χ4v) is 2.89. The Labute approximate surface area is 89.4 Å². The number of hydrogen-bond acceptors (Lipinski definition) is 3. The van der Waals surface area contributed by atoms with Crippen LogP contribution in [0.1, 0.15) is 26.2 Å². The molecule has 1 saturated heterocycles. The van der Waals surface area contributed by atoms with Crippen LogP contribution in [-0.2, 0) is 15.0 Å². The van der Waals surface area contributed by atoms with Gasteiger partial charge in [0.1, 0.15) is 6.04 Å². The Balaban J connectivity index is 2.61. The van der Waals surface area contributed by atoms with E-state index in [1.807, 2.05) is 0 Å². The van der Waals surface area contributed by atoms with Gasteiger partial charge in [-0.25, -0.2) is 0 Å². The topological polar surface area (TPSA) is 86.7 Å². The summed E-state index contributed by atoms with van der Waals surface area (Å²) in [6, 6.07) is -1.09. The van der Waals surface area contributed by atoms with Crippen molar-refractivity contribution in [2.75, 3.05) is 13.1 Å². The van der Waals surface area contributed by atoms with Gasteiger partial charge in [0.25, 0.3) is 10.2 Å². The van der Waals surface area contributed by atoms with Gasteiger partial charge >= 0.3 is 5.97 Å². The summed E-state index contributed by atoms with van der Waals surface area (Å²) in [4.78, 5) is 10.5. The summed E-state index contributed by atoms with van der Waals surface area (Å²) in [5.74, 6) is -1.17. The molecule has 88 valence electrons. The minimum Gasteiger partial charge on any atom is -0.480 e. The molecule has 2 N–H and O–H groups in total. The quantitative estimate of drug-likeness (QED) is 0.706. The van der Waals surface area contributed by atoms with Crippen LogP contribution in [0.3, 0.4) is 0 Å². The van der Waals surface area contributed by atoms with Gasteiger partial charge in [-0.15, -0.1) is 0 Å². The predicted molar refractivity (Wildman–Crippen MR) is 54.6 cm³/mol. The van der Waals surface area contributed by atoms with Crippen LogP contribution in [0.15, 0.2) is 0 Å². The number of piperidine rings is 1. The third-order valence-corrected chi connectivity index (χ3v) is 4.05. The van der Waals surface area contributed by atoms with E-state index in [9.17, 15) is 13.2 Å². The van der Waals surface area contributed by atoms with Gasteiger partial charge in [0.15, 0.2) is 0 Å². The van der Waals surface area contributed by atoms with Crippen molar-refractivity contribution < 1.29 is 18.3 Å². The SMILES string of the molecule is CC(NS(=O)(=O)N1CCCCC1)C(=O)O. The fraction of sp³-hybridized carbons (Fsp3) is 0.875. The number of nitrogens with one attached hydrogen (secondary N) is 1. The molecule has 0 aromatic heterocycles. The van der Waals surface area contributed by atoms with Crippen molar-refractivity contribution in [1.29, 1.82) is 0 Å². The molecule has 1 unspecified atom stereocenters. The molecule has 0 amide bonds.